The molecule has 0 aromatic heterocycles. The molecule has 3 rings (SSSR count). The zero-order valence-electron chi connectivity index (χ0n) is 16.0. The standard InChI is InChI=1S/C21H28N4O2/c1-16-5-3-6-17(13-16)20(25-9-11-27-12-10-25)15-23-21(22)24-18-7-4-8-19(14-18)26-2/h3-8,13-14,20H,9-12,15H2,1-2H3,(H3,22,23,24). The summed E-state index contributed by atoms with van der Waals surface area (Å²) in [5.74, 6) is 1.17. The second-order valence-electron chi connectivity index (χ2n) is 6.66. The van der Waals surface area contributed by atoms with Crippen molar-refractivity contribution in [1.29, 1.82) is 0 Å². The summed E-state index contributed by atoms with van der Waals surface area (Å²) >= 11 is 0. The van der Waals surface area contributed by atoms with Crippen LogP contribution in [0.2, 0.25) is 0 Å². The lowest BCUT2D eigenvalue weighted by atomic mass is 10.0. The summed E-state index contributed by atoms with van der Waals surface area (Å²) < 4.78 is 10.8. The first-order valence-electron chi connectivity index (χ1n) is 9.25. The van der Waals surface area contributed by atoms with Crippen molar-refractivity contribution >= 4 is 11.6 Å². The van der Waals surface area contributed by atoms with Crippen molar-refractivity contribution in [3.05, 3.63) is 59.7 Å². The Labute approximate surface area is 161 Å². The number of guanidine groups is 1. The Kier molecular flexibility index (Phi) is 6.68. The van der Waals surface area contributed by atoms with Crippen LogP contribution >= 0.6 is 0 Å². The SMILES string of the molecule is COc1cccc(NC(N)=NCC(c2cccc(C)c2)N2CCOCC2)c1. The maximum absolute atomic E-state index is 6.14. The number of rotatable bonds is 6. The molecule has 0 spiro atoms. The van der Waals surface area contributed by atoms with Crippen molar-refractivity contribution in [3.63, 3.8) is 0 Å². The van der Waals surface area contributed by atoms with Crippen LogP contribution in [-0.2, 0) is 4.74 Å². The fourth-order valence-electron chi connectivity index (χ4n) is 3.27. The van der Waals surface area contributed by atoms with Gasteiger partial charge < -0.3 is 20.5 Å². The van der Waals surface area contributed by atoms with Gasteiger partial charge in [-0.05, 0) is 24.6 Å². The third-order valence-corrected chi connectivity index (χ3v) is 4.69. The third kappa shape index (κ3) is 5.45. The van der Waals surface area contributed by atoms with Crippen molar-refractivity contribution in [2.24, 2.45) is 10.7 Å². The molecule has 3 N–H and O–H groups in total. The van der Waals surface area contributed by atoms with Crippen LogP contribution in [0.25, 0.3) is 0 Å². The molecule has 6 heteroatoms. The molecular formula is C21H28N4O2. The van der Waals surface area contributed by atoms with E-state index in [1.165, 1.54) is 11.1 Å². The molecule has 1 heterocycles. The zero-order valence-corrected chi connectivity index (χ0v) is 16.0. The first kappa shape index (κ1) is 19.2. The minimum atomic E-state index is 0.180. The average molecular weight is 368 g/mol. The number of anilines is 1. The van der Waals surface area contributed by atoms with Crippen LogP contribution in [0.15, 0.2) is 53.5 Å². The first-order chi connectivity index (χ1) is 13.2. The number of hydrogen-bond acceptors (Lipinski definition) is 4. The van der Waals surface area contributed by atoms with Gasteiger partial charge in [0.05, 0.1) is 32.9 Å². The third-order valence-electron chi connectivity index (χ3n) is 4.69. The fraction of sp³-hybridized carbons (Fsp3) is 0.381. The Morgan fingerprint density at radius 3 is 2.74 bits per heavy atom. The van der Waals surface area contributed by atoms with Gasteiger partial charge in [-0.15, -0.1) is 0 Å². The number of aryl methyl sites for hydroxylation is 1. The predicted octanol–water partition coefficient (Wildman–Crippen LogP) is 2.80. The second-order valence-corrected chi connectivity index (χ2v) is 6.66. The Morgan fingerprint density at radius 2 is 2.00 bits per heavy atom. The molecule has 1 unspecified atom stereocenters. The number of benzene rings is 2. The van der Waals surface area contributed by atoms with Crippen LogP contribution in [0.4, 0.5) is 5.69 Å². The lowest BCUT2D eigenvalue weighted by Crippen LogP contribution is -2.40. The predicted molar refractivity (Wildman–Crippen MR) is 109 cm³/mol. The molecular weight excluding hydrogens is 340 g/mol. The van der Waals surface area contributed by atoms with Gasteiger partial charge in [-0.2, -0.15) is 0 Å². The van der Waals surface area contributed by atoms with E-state index >= 15 is 0 Å². The van der Waals surface area contributed by atoms with E-state index in [0.717, 1.165) is 37.7 Å². The molecule has 1 aliphatic rings. The Hall–Kier alpha value is -2.57. The van der Waals surface area contributed by atoms with E-state index in [-0.39, 0.29) is 6.04 Å². The highest BCUT2D eigenvalue weighted by molar-refractivity contribution is 5.92. The fourth-order valence-corrected chi connectivity index (χ4v) is 3.27. The highest BCUT2D eigenvalue weighted by atomic mass is 16.5. The van der Waals surface area contributed by atoms with E-state index in [4.69, 9.17) is 15.2 Å². The molecule has 2 aromatic rings. The van der Waals surface area contributed by atoms with Gasteiger partial charge in [-0.25, -0.2) is 0 Å². The van der Waals surface area contributed by atoms with Gasteiger partial charge >= 0.3 is 0 Å². The monoisotopic (exact) mass is 368 g/mol. The summed E-state index contributed by atoms with van der Waals surface area (Å²) in [5, 5.41) is 3.14. The number of ether oxygens (including phenoxy) is 2. The highest BCUT2D eigenvalue weighted by Crippen LogP contribution is 2.23. The number of nitrogens with zero attached hydrogens (tertiary/aromatic N) is 2. The second kappa shape index (κ2) is 9.39. The van der Waals surface area contributed by atoms with Crippen molar-refractivity contribution in [2.45, 2.75) is 13.0 Å². The Balaban J connectivity index is 1.73. The number of hydrogen-bond donors (Lipinski definition) is 2. The molecule has 1 atom stereocenters. The van der Waals surface area contributed by atoms with E-state index < -0.39 is 0 Å². The molecule has 6 nitrogen and oxygen atoms in total. The molecule has 0 saturated carbocycles. The van der Waals surface area contributed by atoms with Gasteiger partial charge in [-0.3, -0.25) is 9.89 Å². The minimum Gasteiger partial charge on any atom is -0.497 e. The Bertz CT molecular complexity index is 772. The van der Waals surface area contributed by atoms with E-state index in [1.54, 1.807) is 7.11 Å². The number of methoxy groups -OCH3 is 1. The number of morpholine rings is 1. The van der Waals surface area contributed by atoms with Crippen molar-refractivity contribution in [2.75, 3.05) is 45.3 Å². The maximum atomic E-state index is 6.14. The van der Waals surface area contributed by atoms with Gasteiger partial charge in [0.1, 0.15) is 5.75 Å². The van der Waals surface area contributed by atoms with Crippen molar-refractivity contribution < 1.29 is 9.47 Å². The van der Waals surface area contributed by atoms with Crippen molar-refractivity contribution in [3.8, 4) is 5.75 Å². The largest absolute Gasteiger partial charge is 0.497 e. The molecule has 0 aliphatic carbocycles. The number of nitrogens with two attached hydrogens (primary N) is 1. The van der Waals surface area contributed by atoms with E-state index in [0.29, 0.717) is 12.5 Å². The van der Waals surface area contributed by atoms with E-state index in [9.17, 15) is 0 Å². The molecule has 1 fully saturated rings. The van der Waals surface area contributed by atoms with Crippen LogP contribution in [0.3, 0.4) is 0 Å². The molecule has 144 valence electrons. The summed E-state index contributed by atoms with van der Waals surface area (Å²) in [6.07, 6.45) is 0. The number of nitrogens with one attached hydrogen (secondary N) is 1. The zero-order chi connectivity index (χ0) is 19.1. The van der Waals surface area contributed by atoms with E-state index in [1.807, 2.05) is 24.3 Å². The molecule has 0 bridgehead atoms. The molecule has 0 amide bonds. The smallest absolute Gasteiger partial charge is 0.193 e. The summed E-state index contributed by atoms with van der Waals surface area (Å²) in [4.78, 5) is 7.03. The number of aliphatic imine (C=N–C) groups is 1. The quantitative estimate of drug-likeness (QED) is 0.606. The average Bonchev–Trinajstić information content (AvgIpc) is 2.69. The first-order valence-corrected chi connectivity index (χ1v) is 9.25. The van der Waals surface area contributed by atoms with Crippen LogP contribution in [-0.4, -0.2) is 50.8 Å². The van der Waals surface area contributed by atoms with Crippen LogP contribution in [0.1, 0.15) is 17.2 Å². The maximum Gasteiger partial charge on any atom is 0.193 e. The van der Waals surface area contributed by atoms with E-state index in [2.05, 4.69) is 46.4 Å². The highest BCUT2D eigenvalue weighted by Gasteiger charge is 2.22. The van der Waals surface area contributed by atoms with Crippen LogP contribution in [0.5, 0.6) is 5.75 Å². The van der Waals surface area contributed by atoms with Crippen molar-refractivity contribution in [1.82, 2.24) is 4.90 Å². The summed E-state index contributed by atoms with van der Waals surface area (Å²) in [5.41, 5.74) is 9.50. The molecule has 27 heavy (non-hydrogen) atoms. The van der Waals surface area contributed by atoms with Crippen LogP contribution in [0, 0.1) is 6.92 Å². The van der Waals surface area contributed by atoms with Gasteiger partial charge in [0, 0.05) is 24.8 Å². The lowest BCUT2D eigenvalue weighted by Gasteiger charge is -2.34. The minimum absolute atomic E-state index is 0.180. The van der Waals surface area contributed by atoms with Gasteiger partial charge in [0.15, 0.2) is 5.96 Å². The molecule has 1 saturated heterocycles. The van der Waals surface area contributed by atoms with Crippen LogP contribution < -0.4 is 15.8 Å². The normalized spacial score (nSPS) is 16.7. The topological polar surface area (TPSA) is 72.1 Å². The van der Waals surface area contributed by atoms with Gasteiger partial charge in [-0.1, -0.05) is 35.9 Å². The molecule has 0 radical (unpaired) electrons. The molecule has 1 aliphatic heterocycles. The summed E-state index contributed by atoms with van der Waals surface area (Å²) in [6, 6.07) is 16.4. The Morgan fingerprint density at radius 1 is 1.22 bits per heavy atom. The van der Waals surface area contributed by atoms with Gasteiger partial charge in [0.2, 0.25) is 0 Å². The lowest BCUT2D eigenvalue weighted by molar-refractivity contribution is 0.0180. The molecule has 2 aromatic carbocycles. The van der Waals surface area contributed by atoms with Gasteiger partial charge in [0.25, 0.3) is 0 Å². The summed E-state index contributed by atoms with van der Waals surface area (Å²) in [7, 11) is 1.64. The summed E-state index contributed by atoms with van der Waals surface area (Å²) in [6.45, 7) is 6.01.